The number of benzene rings is 1. The van der Waals surface area contributed by atoms with E-state index in [1.807, 2.05) is 0 Å². The molecule has 9 heteroatoms. The minimum absolute atomic E-state index is 0.0515. The summed E-state index contributed by atoms with van der Waals surface area (Å²) in [5.74, 6) is 0.0689. The fourth-order valence-corrected chi connectivity index (χ4v) is 3.96. The number of hydrogen-bond acceptors (Lipinski definition) is 7. The summed E-state index contributed by atoms with van der Waals surface area (Å²) in [6.45, 7) is 1.24. The second-order valence-corrected chi connectivity index (χ2v) is 7.19. The molecule has 1 saturated heterocycles. The van der Waals surface area contributed by atoms with E-state index >= 15 is 0 Å². The first-order chi connectivity index (χ1) is 12.0. The lowest BCUT2D eigenvalue weighted by Crippen LogP contribution is -2.46. The molecule has 132 valence electrons. The Kier molecular flexibility index (Phi) is 3.86. The van der Waals surface area contributed by atoms with Crippen LogP contribution >= 0.6 is 11.3 Å². The van der Waals surface area contributed by atoms with Crippen LogP contribution in [0.2, 0.25) is 0 Å². The largest absolute Gasteiger partial charge is 0.496 e. The number of hydrogen-bond donors (Lipinski definition) is 2. The van der Waals surface area contributed by atoms with Gasteiger partial charge in [-0.3, -0.25) is 0 Å². The third kappa shape index (κ3) is 2.74. The van der Waals surface area contributed by atoms with Crippen LogP contribution in [0.1, 0.15) is 6.42 Å². The molecule has 1 aliphatic heterocycles. The van der Waals surface area contributed by atoms with E-state index in [4.69, 9.17) is 10.5 Å². The summed E-state index contributed by atoms with van der Waals surface area (Å²) in [4.78, 5) is 7.19. The normalized spacial score (nSPS) is 20.6. The van der Waals surface area contributed by atoms with Crippen LogP contribution in [0.5, 0.6) is 5.75 Å². The standard InChI is InChI=1S/C16H18FN5O2S/c1-24-13-6-10(17)2-3-11(13)12-7-19-14-22(12)20-15(25-14)21-5-4-16(18,8-21)9-23/h2-3,6-7,23H,4-5,8-9,18H2,1H3. The molecule has 0 bridgehead atoms. The van der Waals surface area contributed by atoms with Crippen LogP contribution in [0.15, 0.2) is 24.4 Å². The molecule has 7 nitrogen and oxygen atoms in total. The first-order valence-electron chi connectivity index (χ1n) is 7.86. The second-order valence-electron chi connectivity index (χ2n) is 6.26. The van der Waals surface area contributed by atoms with Crippen LogP contribution in [0.3, 0.4) is 0 Å². The summed E-state index contributed by atoms with van der Waals surface area (Å²) in [7, 11) is 1.50. The zero-order chi connectivity index (χ0) is 17.6. The molecule has 25 heavy (non-hydrogen) atoms. The number of rotatable bonds is 4. The van der Waals surface area contributed by atoms with E-state index in [-0.39, 0.29) is 12.4 Å². The van der Waals surface area contributed by atoms with E-state index in [2.05, 4.69) is 15.0 Å². The lowest BCUT2D eigenvalue weighted by Gasteiger charge is -2.21. The summed E-state index contributed by atoms with van der Waals surface area (Å²) < 4.78 is 20.5. The zero-order valence-electron chi connectivity index (χ0n) is 13.6. The van der Waals surface area contributed by atoms with Crippen LogP contribution in [0.4, 0.5) is 9.52 Å². The van der Waals surface area contributed by atoms with Gasteiger partial charge in [0, 0.05) is 24.7 Å². The summed E-state index contributed by atoms with van der Waals surface area (Å²) >= 11 is 1.45. The molecule has 0 spiro atoms. The molecule has 0 radical (unpaired) electrons. The third-order valence-corrected chi connectivity index (χ3v) is 5.47. The predicted molar refractivity (Wildman–Crippen MR) is 93.6 cm³/mol. The average molecular weight is 363 g/mol. The summed E-state index contributed by atoms with van der Waals surface area (Å²) in [5, 5.41) is 14.9. The van der Waals surface area contributed by atoms with Gasteiger partial charge in [0.25, 0.3) is 0 Å². The Balaban J connectivity index is 1.73. The third-order valence-electron chi connectivity index (χ3n) is 4.49. The van der Waals surface area contributed by atoms with Gasteiger partial charge in [-0.15, -0.1) is 5.10 Å². The SMILES string of the molecule is COc1cc(F)ccc1-c1cnc2sc(N3CCC(N)(CO)C3)nn12. The highest BCUT2D eigenvalue weighted by Crippen LogP contribution is 2.34. The fourth-order valence-electron chi connectivity index (χ4n) is 3.06. The molecule has 3 heterocycles. The Bertz CT molecular complexity index is 927. The molecule has 0 amide bonds. The Labute approximate surface area is 147 Å². The molecule has 1 aliphatic rings. The highest BCUT2D eigenvalue weighted by molar-refractivity contribution is 7.20. The van der Waals surface area contributed by atoms with Crippen molar-refractivity contribution in [3.8, 4) is 17.0 Å². The number of halogens is 1. The van der Waals surface area contributed by atoms with E-state index in [0.29, 0.717) is 18.7 Å². The minimum atomic E-state index is -0.587. The average Bonchev–Trinajstić information content (AvgIpc) is 3.29. The van der Waals surface area contributed by atoms with Crippen molar-refractivity contribution in [3.63, 3.8) is 0 Å². The number of anilines is 1. The van der Waals surface area contributed by atoms with Crippen molar-refractivity contribution >= 4 is 21.4 Å². The number of ether oxygens (including phenoxy) is 1. The van der Waals surface area contributed by atoms with E-state index in [1.165, 1.54) is 30.6 Å². The van der Waals surface area contributed by atoms with Crippen molar-refractivity contribution in [2.45, 2.75) is 12.0 Å². The van der Waals surface area contributed by atoms with Crippen LogP contribution in [-0.4, -0.2) is 52.0 Å². The van der Waals surface area contributed by atoms with Gasteiger partial charge < -0.3 is 20.5 Å². The van der Waals surface area contributed by atoms with Gasteiger partial charge in [0.1, 0.15) is 11.6 Å². The molecule has 0 aliphatic carbocycles. The lowest BCUT2D eigenvalue weighted by molar-refractivity contribution is 0.210. The van der Waals surface area contributed by atoms with Gasteiger partial charge in [0.2, 0.25) is 10.1 Å². The fraction of sp³-hybridized carbons (Fsp3) is 0.375. The number of imidazole rings is 1. The Hall–Kier alpha value is -2.23. The van der Waals surface area contributed by atoms with Crippen molar-refractivity contribution < 1.29 is 14.2 Å². The first kappa shape index (κ1) is 16.2. The summed E-state index contributed by atoms with van der Waals surface area (Å²) in [5.41, 5.74) is 7.00. The van der Waals surface area contributed by atoms with Gasteiger partial charge in [0.05, 0.1) is 31.1 Å². The highest BCUT2D eigenvalue weighted by atomic mass is 32.1. The number of aliphatic hydroxyl groups is 1. The zero-order valence-corrected chi connectivity index (χ0v) is 14.5. The maximum Gasteiger partial charge on any atom is 0.214 e. The van der Waals surface area contributed by atoms with E-state index in [9.17, 15) is 9.50 Å². The second kappa shape index (κ2) is 5.94. The van der Waals surface area contributed by atoms with E-state index in [1.54, 1.807) is 16.8 Å². The van der Waals surface area contributed by atoms with Crippen LogP contribution in [-0.2, 0) is 0 Å². The van der Waals surface area contributed by atoms with Crippen molar-refractivity contribution in [1.82, 2.24) is 14.6 Å². The van der Waals surface area contributed by atoms with E-state index in [0.717, 1.165) is 27.9 Å². The highest BCUT2D eigenvalue weighted by Gasteiger charge is 2.35. The lowest BCUT2D eigenvalue weighted by atomic mass is 10.0. The molecule has 3 aromatic rings. The Morgan fingerprint density at radius 1 is 1.48 bits per heavy atom. The monoisotopic (exact) mass is 363 g/mol. The maximum absolute atomic E-state index is 13.4. The van der Waals surface area contributed by atoms with Gasteiger partial charge in [0.15, 0.2) is 0 Å². The van der Waals surface area contributed by atoms with Gasteiger partial charge in [-0.2, -0.15) is 0 Å². The Morgan fingerprint density at radius 3 is 3.04 bits per heavy atom. The molecule has 1 atom stereocenters. The molecular weight excluding hydrogens is 345 g/mol. The molecule has 3 N–H and O–H groups in total. The van der Waals surface area contributed by atoms with Crippen molar-refractivity contribution in [2.75, 3.05) is 31.7 Å². The van der Waals surface area contributed by atoms with E-state index < -0.39 is 5.54 Å². The van der Waals surface area contributed by atoms with Crippen LogP contribution < -0.4 is 15.4 Å². The maximum atomic E-state index is 13.4. The molecule has 1 unspecified atom stereocenters. The summed E-state index contributed by atoms with van der Waals surface area (Å²) in [6.07, 6.45) is 2.41. The van der Waals surface area contributed by atoms with Crippen LogP contribution in [0, 0.1) is 5.82 Å². The quantitative estimate of drug-likeness (QED) is 0.730. The van der Waals surface area contributed by atoms with Gasteiger partial charge in [-0.1, -0.05) is 11.3 Å². The Morgan fingerprint density at radius 2 is 2.32 bits per heavy atom. The topological polar surface area (TPSA) is 88.9 Å². The minimum Gasteiger partial charge on any atom is -0.496 e. The predicted octanol–water partition coefficient (Wildman–Crippen LogP) is 1.51. The van der Waals surface area contributed by atoms with Gasteiger partial charge in [-0.05, 0) is 18.6 Å². The number of nitrogens with two attached hydrogens (primary N) is 1. The number of methoxy groups -OCH3 is 1. The van der Waals surface area contributed by atoms with Crippen molar-refractivity contribution in [3.05, 3.63) is 30.2 Å². The number of aromatic nitrogens is 3. The molecule has 1 fully saturated rings. The molecule has 4 rings (SSSR count). The smallest absolute Gasteiger partial charge is 0.214 e. The van der Waals surface area contributed by atoms with Crippen molar-refractivity contribution in [1.29, 1.82) is 0 Å². The number of aliphatic hydroxyl groups excluding tert-OH is 1. The number of nitrogens with zero attached hydrogens (tertiary/aromatic N) is 4. The first-order valence-corrected chi connectivity index (χ1v) is 8.68. The van der Waals surface area contributed by atoms with Gasteiger partial charge in [-0.25, -0.2) is 13.9 Å². The summed E-state index contributed by atoms with van der Waals surface area (Å²) in [6, 6.07) is 4.38. The molecule has 2 aromatic heterocycles. The van der Waals surface area contributed by atoms with Crippen LogP contribution in [0.25, 0.3) is 16.2 Å². The molecule has 1 aromatic carbocycles. The van der Waals surface area contributed by atoms with Crippen molar-refractivity contribution in [2.24, 2.45) is 5.73 Å². The van der Waals surface area contributed by atoms with Gasteiger partial charge >= 0.3 is 0 Å². The molecular formula is C16H18FN5O2S. The molecule has 0 saturated carbocycles. The number of fused-ring (bicyclic) bond motifs is 1.